The Morgan fingerprint density at radius 2 is 1.55 bits per heavy atom. The number of esters is 1. The molecule has 0 aliphatic rings. The maximum atomic E-state index is 13.0. The molecular formula is C36H39N3O8. The molecule has 47 heavy (non-hydrogen) atoms. The van der Waals surface area contributed by atoms with Gasteiger partial charge in [-0.25, -0.2) is 4.79 Å². The van der Waals surface area contributed by atoms with Crippen LogP contribution in [0.4, 0.5) is 5.69 Å². The normalized spacial score (nSPS) is 11.3. The molecule has 0 saturated heterocycles. The summed E-state index contributed by atoms with van der Waals surface area (Å²) >= 11 is 0. The van der Waals surface area contributed by atoms with Gasteiger partial charge in [0.15, 0.2) is 17.3 Å². The summed E-state index contributed by atoms with van der Waals surface area (Å²) in [6.45, 7) is 4.21. The van der Waals surface area contributed by atoms with Gasteiger partial charge < -0.3 is 29.4 Å². The summed E-state index contributed by atoms with van der Waals surface area (Å²) in [5.74, 6) is -0.473. The molecule has 0 radical (unpaired) electrons. The molecule has 0 aliphatic carbocycles. The number of ether oxygens (including phenoxy) is 3. The van der Waals surface area contributed by atoms with E-state index in [4.69, 9.17) is 18.7 Å². The number of benzene rings is 3. The number of ketones is 1. The van der Waals surface area contributed by atoms with Crippen LogP contribution in [0.5, 0.6) is 17.2 Å². The fraction of sp³-hybridized carbons (Fsp3) is 0.306. The molecule has 0 fully saturated rings. The van der Waals surface area contributed by atoms with Crippen molar-refractivity contribution in [1.82, 2.24) is 10.5 Å². The minimum absolute atomic E-state index is 0.0538. The van der Waals surface area contributed by atoms with Gasteiger partial charge in [0.25, 0.3) is 11.8 Å². The van der Waals surface area contributed by atoms with Gasteiger partial charge in [-0.1, -0.05) is 43.8 Å². The second-order valence-corrected chi connectivity index (χ2v) is 10.9. The first kappa shape index (κ1) is 34.4. The van der Waals surface area contributed by atoms with E-state index in [0.29, 0.717) is 40.5 Å². The van der Waals surface area contributed by atoms with E-state index in [1.54, 1.807) is 54.6 Å². The Hall–Kier alpha value is -5.45. The lowest BCUT2D eigenvalue weighted by molar-refractivity contribution is -0.118. The fourth-order valence-corrected chi connectivity index (χ4v) is 4.67. The van der Waals surface area contributed by atoms with Crippen molar-refractivity contribution in [1.29, 1.82) is 0 Å². The van der Waals surface area contributed by atoms with E-state index < -0.39 is 23.8 Å². The van der Waals surface area contributed by atoms with Crippen molar-refractivity contribution in [2.24, 2.45) is 0 Å². The minimum atomic E-state index is -0.830. The smallest absolute Gasteiger partial charge is 0.343 e. The van der Waals surface area contributed by atoms with E-state index in [-0.39, 0.29) is 23.7 Å². The van der Waals surface area contributed by atoms with Crippen LogP contribution in [-0.2, 0) is 11.2 Å². The molecule has 0 aliphatic heterocycles. The van der Waals surface area contributed by atoms with Crippen LogP contribution in [0.25, 0.3) is 0 Å². The molecule has 11 nitrogen and oxygen atoms in total. The van der Waals surface area contributed by atoms with Gasteiger partial charge in [0, 0.05) is 17.3 Å². The first-order chi connectivity index (χ1) is 22.8. The average molecular weight is 642 g/mol. The van der Waals surface area contributed by atoms with E-state index in [1.165, 1.54) is 57.7 Å². The molecule has 3 aromatic carbocycles. The SMILES string of the molecule is CCCCCCCOc1ccc(C(=O)Oc2ccc(CC(NC(=O)c3ccc(NC(=O)c4ccno4)cc3)C(C)=O)cc2OC)cc1. The summed E-state index contributed by atoms with van der Waals surface area (Å²) in [5.41, 5.74) is 1.80. The largest absolute Gasteiger partial charge is 0.494 e. The standard InChI is InChI=1S/C36H39N3O8/c1-4-5-6-7-8-21-45-29-16-12-27(13-17-29)36(43)46-31-18-9-25(23-33(31)44-3)22-30(24(2)40)39-34(41)26-10-14-28(15-11-26)38-35(42)32-19-20-37-47-32/h9-20,23,30H,4-8,21-22H2,1-3H3,(H,38,42)(H,39,41). The molecule has 1 aromatic heterocycles. The van der Waals surface area contributed by atoms with Gasteiger partial charge in [0.2, 0.25) is 5.76 Å². The van der Waals surface area contributed by atoms with Crippen LogP contribution in [0.2, 0.25) is 0 Å². The Balaban J connectivity index is 1.32. The van der Waals surface area contributed by atoms with E-state index in [9.17, 15) is 19.2 Å². The number of unbranched alkanes of at least 4 members (excludes halogenated alkanes) is 4. The zero-order valence-corrected chi connectivity index (χ0v) is 26.7. The van der Waals surface area contributed by atoms with E-state index in [0.717, 1.165) is 12.8 Å². The summed E-state index contributed by atoms with van der Waals surface area (Å²) in [5, 5.41) is 8.91. The molecule has 4 aromatic rings. The predicted molar refractivity (Wildman–Crippen MR) is 175 cm³/mol. The van der Waals surface area contributed by atoms with Gasteiger partial charge >= 0.3 is 5.97 Å². The number of aromatic nitrogens is 1. The number of anilines is 1. The van der Waals surface area contributed by atoms with Crippen LogP contribution in [0.1, 0.15) is 82.8 Å². The highest BCUT2D eigenvalue weighted by molar-refractivity contribution is 6.03. The van der Waals surface area contributed by atoms with Crippen LogP contribution in [0.3, 0.4) is 0 Å². The number of amides is 2. The molecule has 2 N–H and O–H groups in total. The van der Waals surface area contributed by atoms with E-state index >= 15 is 0 Å². The lowest BCUT2D eigenvalue weighted by atomic mass is 10.0. The van der Waals surface area contributed by atoms with Gasteiger partial charge in [0.05, 0.1) is 31.5 Å². The molecule has 1 heterocycles. The summed E-state index contributed by atoms with van der Waals surface area (Å²) in [6, 6.07) is 18.5. The monoisotopic (exact) mass is 641 g/mol. The van der Waals surface area contributed by atoms with Crippen molar-refractivity contribution in [2.75, 3.05) is 19.0 Å². The first-order valence-corrected chi connectivity index (χ1v) is 15.5. The third-order valence-electron chi connectivity index (χ3n) is 7.34. The molecule has 2 amide bonds. The lowest BCUT2D eigenvalue weighted by Crippen LogP contribution is -2.41. The van der Waals surface area contributed by atoms with Gasteiger partial charge in [-0.3, -0.25) is 14.4 Å². The van der Waals surface area contributed by atoms with Crippen LogP contribution < -0.4 is 24.8 Å². The number of carbonyl (C=O) groups excluding carboxylic acids is 4. The molecule has 1 unspecified atom stereocenters. The molecule has 0 bridgehead atoms. The van der Waals surface area contributed by atoms with Crippen molar-refractivity contribution in [3.05, 3.63) is 101 Å². The number of rotatable bonds is 17. The summed E-state index contributed by atoms with van der Waals surface area (Å²) in [4.78, 5) is 50.4. The molecule has 246 valence electrons. The van der Waals surface area contributed by atoms with Crippen LogP contribution >= 0.6 is 0 Å². The second kappa shape index (κ2) is 17.3. The molecular weight excluding hydrogens is 602 g/mol. The van der Waals surface area contributed by atoms with E-state index in [1.807, 2.05) is 0 Å². The number of hydrogen-bond acceptors (Lipinski definition) is 9. The molecule has 4 rings (SSSR count). The van der Waals surface area contributed by atoms with Crippen LogP contribution in [0.15, 0.2) is 83.5 Å². The Labute approximate surface area is 273 Å². The molecule has 1 atom stereocenters. The number of nitrogens with one attached hydrogen (secondary N) is 2. The zero-order chi connectivity index (χ0) is 33.6. The maximum absolute atomic E-state index is 13.0. The Morgan fingerprint density at radius 1 is 0.830 bits per heavy atom. The van der Waals surface area contributed by atoms with Crippen molar-refractivity contribution in [3.63, 3.8) is 0 Å². The zero-order valence-electron chi connectivity index (χ0n) is 26.7. The van der Waals surface area contributed by atoms with Gasteiger partial charge in [-0.15, -0.1) is 0 Å². The lowest BCUT2D eigenvalue weighted by Gasteiger charge is -2.17. The number of methoxy groups -OCH3 is 1. The van der Waals surface area contributed by atoms with Crippen molar-refractivity contribution in [3.8, 4) is 17.2 Å². The average Bonchev–Trinajstić information content (AvgIpc) is 3.63. The second-order valence-electron chi connectivity index (χ2n) is 10.9. The summed E-state index contributed by atoms with van der Waals surface area (Å²) in [7, 11) is 1.45. The highest BCUT2D eigenvalue weighted by atomic mass is 16.6. The first-order valence-electron chi connectivity index (χ1n) is 15.5. The fourth-order valence-electron chi connectivity index (χ4n) is 4.67. The molecule has 0 spiro atoms. The Morgan fingerprint density at radius 3 is 2.21 bits per heavy atom. The Bertz CT molecular complexity index is 1630. The third kappa shape index (κ3) is 10.3. The van der Waals surface area contributed by atoms with Gasteiger partial charge in [-0.05, 0) is 86.0 Å². The number of nitrogens with zero attached hydrogens (tertiary/aromatic N) is 1. The number of Topliss-reactive ketones (excluding diaryl/α,β-unsaturated/α-hetero) is 1. The summed E-state index contributed by atoms with van der Waals surface area (Å²) < 4.78 is 21.7. The van der Waals surface area contributed by atoms with Crippen molar-refractivity contribution >= 4 is 29.3 Å². The Kier molecular flexibility index (Phi) is 12.7. The number of hydrogen-bond donors (Lipinski definition) is 2. The number of carbonyl (C=O) groups is 4. The maximum Gasteiger partial charge on any atom is 0.343 e. The predicted octanol–water partition coefficient (Wildman–Crippen LogP) is 6.43. The highest BCUT2D eigenvalue weighted by Crippen LogP contribution is 2.30. The van der Waals surface area contributed by atoms with Gasteiger partial charge in [-0.2, -0.15) is 0 Å². The molecule has 0 saturated carbocycles. The summed E-state index contributed by atoms with van der Waals surface area (Å²) in [6.07, 6.45) is 7.29. The topological polar surface area (TPSA) is 146 Å². The van der Waals surface area contributed by atoms with Crippen molar-refractivity contribution < 1.29 is 37.9 Å². The third-order valence-corrected chi connectivity index (χ3v) is 7.34. The van der Waals surface area contributed by atoms with Crippen molar-refractivity contribution in [2.45, 2.75) is 58.4 Å². The molecule has 11 heteroatoms. The van der Waals surface area contributed by atoms with E-state index in [2.05, 4.69) is 22.7 Å². The quantitative estimate of drug-likeness (QED) is 0.0756. The minimum Gasteiger partial charge on any atom is -0.494 e. The highest BCUT2D eigenvalue weighted by Gasteiger charge is 2.21. The van der Waals surface area contributed by atoms with Crippen LogP contribution in [0, 0.1) is 0 Å². The van der Waals surface area contributed by atoms with Crippen LogP contribution in [-0.4, -0.2) is 48.5 Å². The van der Waals surface area contributed by atoms with Gasteiger partial charge in [0.1, 0.15) is 5.75 Å².